The Labute approximate surface area is 113 Å². The van der Waals surface area contributed by atoms with Crippen LogP contribution in [-0.4, -0.2) is 28.4 Å². The summed E-state index contributed by atoms with van der Waals surface area (Å²) in [6.45, 7) is 9.00. The molecular weight excluding hydrogens is 248 g/mol. The van der Waals surface area contributed by atoms with E-state index in [2.05, 4.69) is 20.8 Å². The van der Waals surface area contributed by atoms with E-state index in [4.69, 9.17) is 13.3 Å². The van der Waals surface area contributed by atoms with Crippen molar-refractivity contribution in [3.05, 3.63) is 0 Å². The van der Waals surface area contributed by atoms with Gasteiger partial charge in [-0.25, -0.2) is 4.80 Å². The van der Waals surface area contributed by atoms with E-state index in [1.807, 2.05) is 6.92 Å². The highest BCUT2D eigenvalue weighted by atomic mass is 28.4. The zero-order chi connectivity index (χ0) is 13.9. The van der Waals surface area contributed by atoms with E-state index in [-0.39, 0.29) is 6.10 Å². The molecule has 0 aliphatic carbocycles. The summed E-state index contributed by atoms with van der Waals surface area (Å²) in [5, 5.41) is 0. The Kier molecular flexibility index (Phi) is 11.0. The molecule has 0 amide bonds. The van der Waals surface area contributed by atoms with Gasteiger partial charge in [0.25, 0.3) is 0 Å². The molecule has 0 bridgehead atoms. The molecule has 0 saturated carbocycles. The van der Waals surface area contributed by atoms with E-state index >= 15 is 0 Å². The van der Waals surface area contributed by atoms with Crippen molar-refractivity contribution in [1.82, 2.24) is 0 Å². The molecule has 5 heteroatoms. The fraction of sp³-hybridized carbons (Fsp3) is 1.00. The van der Waals surface area contributed by atoms with Crippen LogP contribution < -0.4 is 0 Å². The van der Waals surface area contributed by atoms with Crippen molar-refractivity contribution < 1.29 is 18.1 Å². The van der Waals surface area contributed by atoms with Crippen LogP contribution in [0.25, 0.3) is 0 Å². The number of hydrogen-bond acceptors (Lipinski definition) is 3. The SMILES string of the molecule is CCCCO[Si]([O])(OCCCC)OC(C)CCC. The molecule has 0 aliphatic heterocycles. The van der Waals surface area contributed by atoms with Crippen LogP contribution >= 0.6 is 0 Å². The minimum Gasteiger partial charge on any atom is -0.350 e. The fourth-order valence-corrected chi connectivity index (χ4v) is 3.12. The second kappa shape index (κ2) is 10.9. The van der Waals surface area contributed by atoms with Gasteiger partial charge in [-0.3, -0.25) is 0 Å². The highest BCUT2D eigenvalue weighted by molar-refractivity contribution is 6.51. The molecule has 109 valence electrons. The number of unbranched alkanes of at least 4 members (excludes halogenated alkanes) is 2. The second-order valence-corrected chi connectivity index (χ2v) is 6.43. The first-order valence-corrected chi connectivity index (χ1v) is 8.87. The predicted molar refractivity (Wildman–Crippen MR) is 73.6 cm³/mol. The number of hydrogen-bond donors (Lipinski definition) is 0. The van der Waals surface area contributed by atoms with Crippen LogP contribution in [0.15, 0.2) is 0 Å². The van der Waals surface area contributed by atoms with Crippen molar-refractivity contribution in [2.75, 3.05) is 13.2 Å². The van der Waals surface area contributed by atoms with Gasteiger partial charge >= 0.3 is 9.05 Å². The zero-order valence-corrected chi connectivity index (χ0v) is 13.4. The Morgan fingerprint density at radius 1 is 0.944 bits per heavy atom. The first-order valence-electron chi connectivity index (χ1n) is 7.24. The molecule has 0 spiro atoms. The smallest absolute Gasteiger partial charge is 0.350 e. The van der Waals surface area contributed by atoms with Gasteiger partial charge in [0, 0.05) is 19.3 Å². The first kappa shape index (κ1) is 18.1. The van der Waals surface area contributed by atoms with Gasteiger partial charge in [0.2, 0.25) is 0 Å². The lowest BCUT2D eigenvalue weighted by Gasteiger charge is -2.24. The molecule has 0 aliphatic rings. The van der Waals surface area contributed by atoms with E-state index in [0.29, 0.717) is 13.2 Å². The lowest BCUT2D eigenvalue weighted by molar-refractivity contribution is -0.0503. The zero-order valence-electron chi connectivity index (χ0n) is 12.4. The third-order valence-corrected chi connectivity index (χ3v) is 4.40. The summed E-state index contributed by atoms with van der Waals surface area (Å²) < 4.78 is 16.3. The summed E-state index contributed by atoms with van der Waals surface area (Å²) in [4.78, 5) is 12.4. The largest absolute Gasteiger partial charge is 0.707 e. The summed E-state index contributed by atoms with van der Waals surface area (Å²) in [6, 6.07) is 0. The maximum absolute atomic E-state index is 12.4. The Morgan fingerprint density at radius 2 is 1.44 bits per heavy atom. The van der Waals surface area contributed by atoms with Crippen LogP contribution in [0, 0.1) is 0 Å². The van der Waals surface area contributed by atoms with E-state index < -0.39 is 9.05 Å². The van der Waals surface area contributed by atoms with Gasteiger partial charge in [-0.1, -0.05) is 40.0 Å². The Balaban J connectivity index is 4.18. The molecular formula is C13H29O4Si. The van der Waals surface area contributed by atoms with Crippen molar-refractivity contribution in [2.24, 2.45) is 0 Å². The first-order chi connectivity index (χ1) is 8.58. The van der Waals surface area contributed by atoms with Crippen LogP contribution in [0.1, 0.15) is 66.2 Å². The Hall–Kier alpha value is 0.0569. The molecule has 1 unspecified atom stereocenters. The maximum Gasteiger partial charge on any atom is 0.707 e. The lowest BCUT2D eigenvalue weighted by Crippen LogP contribution is -2.47. The number of rotatable bonds is 12. The third-order valence-electron chi connectivity index (χ3n) is 2.59. The molecule has 0 aromatic carbocycles. The molecule has 0 rings (SSSR count). The minimum atomic E-state index is -3.67. The van der Waals surface area contributed by atoms with Crippen molar-refractivity contribution in [2.45, 2.75) is 72.3 Å². The molecule has 0 saturated heterocycles. The van der Waals surface area contributed by atoms with Gasteiger partial charge in [0.05, 0.1) is 0 Å². The minimum absolute atomic E-state index is 0.0811. The Bertz CT molecular complexity index is 180. The molecule has 4 nitrogen and oxygen atoms in total. The average Bonchev–Trinajstić information content (AvgIpc) is 2.30. The quantitative estimate of drug-likeness (QED) is 0.404. The van der Waals surface area contributed by atoms with Gasteiger partial charge in [0.15, 0.2) is 0 Å². The van der Waals surface area contributed by atoms with Crippen LogP contribution in [0.2, 0.25) is 0 Å². The Morgan fingerprint density at radius 3 is 1.83 bits per heavy atom. The van der Waals surface area contributed by atoms with Crippen molar-refractivity contribution in [1.29, 1.82) is 0 Å². The third kappa shape index (κ3) is 9.05. The summed E-state index contributed by atoms with van der Waals surface area (Å²) in [6.07, 6.45) is 5.54. The summed E-state index contributed by atoms with van der Waals surface area (Å²) in [7, 11) is -3.67. The van der Waals surface area contributed by atoms with E-state index in [0.717, 1.165) is 38.5 Å². The topological polar surface area (TPSA) is 47.6 Å². The standard InChI is InChI=1S/C13H29O4Si/c1-5-8-11-15-18(14,16-12-9-6-2)17-13(4)10-7-3/h13H,5-12H2,1-4H3. The summed E-state index contributed by atoms with van der Waals surface area (Å²) >= 11 is 0. The van der Waals surface area contributed by atoms with Crippen LogP contribution in [-0.2, 0) is 18.1 Å². The molecule has 0 heterocycles. The monoisotopic (exact) mass is 277 g/mol. The average molecular weight is 277 g/mol. The van der Waals surface area contributed by atoms with Crippen LogP contribution in [0.5, 0.6) is 0 Å². The van der Waals surface area contributed by atoms with Crippen LogP contribution in [0.3, 0.4) is 0 Å². The van der Waals surface area contributed by atoms with Gasteiger partial charge in [0.1, 0.15) is 0 Å². The summed E-state index contributed by atoms with van der Waals surface area (Å²) in [5.74, 6) is 0. The molecule has 18 heavy (non-hydrogen) atoms. The van der Waals surface area contributed by atoms with Crippen LogP contribution in [0.4, 0.5) is 0 Å². The molecule has 0 N–H and O–H groups in total. The summed E-state index contributed by atoms with van der Waals surface area (Å²) in [5.41, 5.74) is 0. The highest BCUT2D eigenvalue weighted by Crippen LogP contribution is 2.14. The van der Waals surface area contributed by atoms with Crippen molar-refractivity contribution in [3.8, 4) is 0 Å². The van der Waals surface area contributed by atoms with Gasteiger partial charge in [-0.2, -0.15) is 0 Å². The second-order valence-electron chi connectivity index (χ2n) is 4.62. The lowest BCUT2D eigenvalue weighted by atomic mass is 10.2. The van der Waals surface area contributed by atoms with E-state index in [1.165, 1.54) is 0 Å². The van der Waals surface area contributed by atoms with Crippen molar-refractivity contribution >= 4 is 9.05 Å². The fourth-order valence-electron chi connectivity index (χ4n) is 1.50. The van der Waals surface area contributed by atoms with E-state index in [1.54, 1.807) is 0 Å². The van der Waals surface area contributed by atoms with Gasteiger partial charge in [-0.05, 0) is 26.2 Å². The molecule has 0 aromatic rings. The van der Waals surface area contributed by atoms with Crippen molar-refractivity contribution in [3.63, 3.8) is 0 Å². The maximum atomic E-state index is 12.4. The molecule has 0 fully saturated rings. The molecule has 1 radical (unpaired) electrons. The molecule has 1 atom stereocenters. The molecule has 0 aromatic heterocycles. The van der Waals surface area contributed by atoms with Gasteiger partial charge < -0.3 is 13.3 Å². The van der Waals surface area contributed by atoms with Gasteiger partial charge in [-0.15, -0.1) is 0 Å². The highest BCUT2D eigenvalue weighted by Gasteiger charge is 2.45. The predicted octanol–water partition coefficient (Wildman–Crippen LogP) is 3.69. The normalized spacial score (nSPS) is 13.8. The van der Waals surface area contributed by atoms with E-state index in [9.17, 15) is 4.80 Å².